The number of carboxylic acids is 4. The Morgan fingerprint density at radius 2 is 0.511 bits per heavy atom. The van der Waals surface area contributed by atoms with Crippen LogP contribution in [0.5, 0.6) is 23.0 Å². The lowest BCUT2D eigenvalue weighted by Gasteiger charge is -2.36. The molecule has 0 fully saturated rings. The maximum Gasteiger partial charge on any atom is 0.341 e. The van der Waals surface area contributed by atoms with Gasteiger partial charge in [0.1, 0.15) is 23.0 Å². The topological polar surface area (TPSA) is 186 Å². The second kappa shape index (κ2) is 28.8. The molecule has 0 saturated heterocycles. The Kier molecular flexibility index (Phi) is 23.8. The predicted octanol–water partition coefficient (Wildman–Crippen LogP) is 18.2. The van der Waals surface area contributed by atoms with Gasteiger partial charge in [-0.2, -0.15) is 0 Å². The van der Waals surface area contributed by atoms with Crippen molar-refractivity contribution in [2.75, 3.05) is 26.4 Å². The van der Waals surface area contributed by atoms with Crippen molar-refractivity contribution in [1.29, 1.82) is 0 Å². The van der Waals surface area contributed by atoms with Crippen LogP contribution >= 0.6 is 0 Å². The monoisotopic (exact) mass is 1220 g/mol. The Morgan fingerprint density at radius 1 is 0.307 bits per heavy atom. The van der Waals surface area contributed by atoms with Crippen LogP contribution in [0.15, 0.2) is 48.5 Å². The van der Waals surface area contributed by atoms with Gasteiger partial charge in [-0.05, 0) is 174 Å². The van der Waals surface area contributed by atoms with Crippen LogP contribution in [0, 0.1) is 21.7 Å². The van der Waals surface area contributed by atoms with Crippen molar-refractivity contribution in [2.24, 2.45) is 21.7 Å². The Morgan fingerprint density at radius 3 is 0.693 bits per heavy atom. The van der Waals surface area contributed by atoms with Gasteiger partial charge in [-0.25, -0.2) is 9.59 Å². The minimum absolute atomic E-state index is 0.0581. The van der Waals surface area contributed by atoms with E-state index in [0.717, 1.165) is 92.4 Å². The van der Waals surface area contributed by atoms with E-state index in [0.29, 0.717) is 74.7 Å². The van der Waals surface area contributed by atoms with Crippen LogP contribution < -0.4 is 18.9 Å². The van der Waals surface area contributed by atoms with E-state index in [9.17, 15) is 39.6 Å². The van der Waals surface area contributed by atoms with E-state index in [-0.39, 0.29) is 81.8 Å². The van der Waals surface area contributed by atoms with Gasteiger partial charge >= 0.3 is 23.9 Å². The Bertz CT molecular complexity index is 2780. The molecule has 8 bridgehead atoms. The van der Waals surface area contributed by atoms with Crippen molar-refractivity contribution in [3.8, 4) is 23.0 Å². The third-order valence-electron chi connectivity index (χ3n) is 16.8. The number of hydrogen-bond donors (Lipinski definition) is 4. The van der Waals surface area contributed by atoms with E-state index < -0.39 is 37.1 Å². The fourth-order valence-corrected chi connectivity index (χ4v) is 14.6. The minimum Gasteiger partial charge on any atom is -0.493 e. The van der Waals surface area contributed by atoms with Crippen molar-refractivity contribution in [3.63, 3.8) is 0 Å². The molecule has 488 valence electrons. The third-order valence-corrected chi connectivity index (χ3v) is 16.8. The number of carbonyl (C=O) groups is 4. The lowest BCUT2D eigenvalue weighted by molar-refractivity contribution is -0.140. The summed E-state index contributed by atoms with van der Waals surface area (Å²) in [5.74, 6) is -1.63. The fraction of sp³-hybridized carbons (Fsp3) is 0.632. The lowest BCUT2D eigenvalue weighted by Crippen LogP contribution is -2.26. The zero-order valence-electron chi connectivity index (χ0n) is 57.8. The highest BCUT2D eigenvalue weighted by molar-refractivity contribution is 5.70. The first kappa shape index (κ1) is 72.7. The quantitative estimate of drug-likeness (QED) is 0.0348. The molecule has 1 aliphatic carbocycles. The van der Waals surface area contributed by atoms with E-state index in [4.69, 9.17) is 18.9 Å². The van der Waals surface area contributed by atoms with Crippen molar-refractivity contribution in [1.82, 2.24) is 0 Å². The first-order chi connectivity index (χ1) is 40.3. The van der Waals surface area contributed by atoms with Crippen molar-refractivity contribution < 1.29 is 58.6 Å². The van der Waals surface area contributed by atoms with E-state index in [1.54, 1.807) is 0 Å². The number of aliphatic carboxylic acids is 4. The fourth-order valence-electron chi connectivity index (χ4n) is 14.6. The van der Waals surface area contributed by atoms with Gasteiger partial charge in [-0.1, -0.05) is 187 Å². The summed E-state index contributed by atoms with van der Waals surface area (Å²) in [5, 5.41) is 40.2. The van der Waals surface area contributed by atoms with Gasteiger partial charge < -0.3 is 39.4 Å². The largest absolute Gasteiger partial charge is 0.493 e. The van der Waals surface area contributed by atoms with Gasteiger partial charge in [0.05, 0.1) is 13.2 Å². The summed E-state index contributed by atoms with van der Waals surface area (Å²) < 4.78 is 27.8. The Labute approximate surface area is 529 Å². The number of benzene rings is 4. The average Bonchev–Trinajstić information content (AvgIpc) is 0.958. The summed E-state index contributed by atoms with van der Waals surface area (Å²) in [6.07, 6.45) is 8.11. The molecule has 0 saturated carbocycles. The number of rotatable bonds is 28. The standard InChI is InChI=1S/C76H112O12/c1-69(2,3)45-73(13,14)57-35-49-31-53-39-59(75(17,18)47-71(7,8)9)41-55(67(53)87-43-63(81)82)33-51-37-58(74(15,16)46-70(4,5)6)38-52(66(51)86-30-26-22-24-28-62(79)80)34-56-42-60(76(19,20)48-72(10,11)12)40-54(68(56)88-44-64(83)84)32-50(36-57)65(49)85-29-25-21-23-27-61(77)78/h35-42H,21-34,43-48H2,1-20H3,(H,77,78)(H,79,80)(H,81,82)(H,83,84). The molecular weight excluding hydrogens is 1100 g/mol. The minimum atomic E-state index is -1.11. The molecule has 1 aliphatic rings. The molecule has 0 radical (unpaired) electrons. The van der Waals surface area contributed by atoms with Crippen LogP contribution in [-0.2, 0) is 66.5 Å². The molecule has 12 nitrogen and oxygen atoms in total. The maximum absolute atomic E-state index is 12.9. The van der Waals surface area contributed by atoms with Crippen LogP contribution in [-0.4, -0.2) is 70.7 Å². The van der Waals surface area contributed by atoms with Crippen molar-refractivity contribution in [2.45, 2.75) is 263 Å². The normalized spacial score (nSPS) is 13.7. The lowest BCUT2D eigenvalue weighted by atomic mass is 9.70. The Hall–Kier alpha value is -6.04. The van der Waals surface area contributed by atoms with Gasteiger partial charge in [0.25, 0.3) is 0 Å². The molecule has 4 aromatic carbocycles. The van der Waals surface area contributed by atoms with Gasteiger partial charge in [0, 0.05) is 38.5 Å². The number of carboxylic acid groups (broad SMARTS) is 4. The highest BCUT2D eigenvalue weighted by Crippen LogP contribution is 2.49. The smallest absolute Gasteiger partial charge is 0.341 e. The third kappa shape index (κ3) is 22.2. The van der Waals surface area contributed by atoms with Crippen molar-refractivity contribution in [3.05, 3.63) is 115 Å². The highest BCUT2D eigenvalue weighted by Gasteiger charge is 2.36. The zero-order chi connectivity index (χ0) is 66.2. The molecule has 0 aromatic heterocycles. The number of fused-ring (bicyclic) bond motifs is 8. The molecular formula is C76H112O12. The molecule has 4 N–H and O–H groups in total. The molecule has 0 aliphatic heterocycles. The number of ether oxygens (including phenoxy) is 4. The van der Waals surface area contributed by atoms with Crippen LogP contribution in [0.1, 0.15) is 282 Å². The molecule has 0 atom stereocenters. The summed E-state index contributed by atoms with van der Waals surface area (Å²) in [6.45, 7) is 44.7. The predicted molar refractivity (Wildman–Crippen MR) is 355 cm³/mol. The van der Waals surface area contributed by atoms with Crippen LogP contribution in [0.2, 0.25) is 0 Å². The van der Waals surface area contributed by atoms with Crippen LogP contribution in [0.3, 0.4) is 0 Å². The summed E-state index contributed by atoms with van der Waals surface area (Å²) >= 11 is 0. The molecule has 0 spiro atoms. The molecule has 0 heterocycles. The zero-order valence-corrected chi connectivity index (χ0v) is 57.8. The van der Waals surface area contributed by atoms with Gasteiger partial charge in [-0.15, -0.1) is 0 Å². The average molecular weight is 1220 g/mol. The molecule has 5 rings (SSSR count). The second-order valence-corrected chi connectivity index (χ2v) is 33.2. The van der Waals surface area contributed by atoms with E-state index >= 15 is 0 Å². The molecule has 4 aromatic rings. The molecule has 0 amide bonds. The van der Waals surface area contributed by atoms with Gasteiger partial charge in [0.15, 0.2) is 13.2 Å². The maximum atomic E-state index is 12.9. The SMILES string of the molecule is CC(C)(C)CC(C)(C)c1cc2c(OCCCCCC(=O)O)c(c1)Cc1cc(C(C)(C)CC(C)(C)C)cc(c1OCC(=O)O)Cc1cc(C(C)(C)CC(C)(C)C)cc(c1OCCCCCC(=O)O)Cc1cc(C(C)(C)CC(C)(C)C)cc(c1OCC(=O)O)C2. The van der Waals surface area contributed by atoms with E-state index in [1.165, 1.54) is 0 Å². The first-order valence-corrected chi connectivity index (χ1v) is 32.4. The Balaban J connectivity index is 2.12. The highest BCUT2D eigenvalue weighted by atomic mass is 16.5. The van der Waals surface area contributed by atoms with Crippen LogP contribution in [0.25, 0.3) is 0 Å². The second-order valence-electron chi connectivity index (χ2n) is 33.2. The first-order valence-electron chi connectivity index (χ1n) is 32.4. The van der Waals surface area contributed by atoms with E-state index in [2.05, 4.69) is 187 Å². The molecule has 12 heteroatoms. The van der Waals surface area contributed by atoms with Gasteiger partial charge in [-0.3, -0.25) is 9.59 Å². The molecule has 88 heavy (non-hydrogen) atoms. The van der Waals surface area contributed by atoms with Crippen molar-refractivity contribution >= 4 is 23.9 Å². The number of hydrogen-bond acceptors (Lipinski definition) is 8. The van der Waals surface area contributed by atoms with Gasteiger partial charge in [0.2, 0.25) is 0 Å². The van der Waals surface area contributed by atoms with E-state index in [1.807, 2.05) is 0 Å². The number of unbranched alkanes of at least 4 members (excludes halogenated alkanes) is 4. The summed E-state index contributed by atoms with van der Waals surface area (Å²) in [5.41, 5.74) is 9.26. The summed E-state index contributed by atoms with van der Waals surface area (Å²) in [6, 6.07) is 17.9. The molecule has 0 unspecified atom stereocenters. The summed E-state index contributed by atoms with van der Waals surface area (Å²) in [7, 11) is 0. The summed E-state index contributed by atoms with van der Waals surface area (Å²) in [4.78, 5) is 49.1. The van der Waals surface area contributed by atoms with Crippen LogP contribution in [0.4, 0.5) is 0 Å².